The monoisotopic (exact) mass is 414 g/mol. The van der Waals surface area contributed by atoms with Crippen LogP contribution in [-0.2, 0) is 23.9 Å². The summed E-state index contributed by atoms with van der Waals surface area (Å²) >= 11 is 0. The molecule has 0 aliphatic rings. The van der Waals surface area contributed by atoms with Crippen molar-refractivity contribution in [2.45, 2.75) is 96.5 Å². The van der Waals surface area contributed by atoms with E-state index in [1.54, 1.807) is 0 Å². The predicted octanol–water partition coefficient (Wildman–Crippen LogP) is 4.73. The van der Waals surface area contributed by atoms with Crippen LogP contribution >= 0.6 is 0 Å². The fourth-order valence-corrected chi connectivity index (χ4v) is 2.90. The molecule has 29 heavy (non-hydrogen) atoms. The zero-order valence-corrected chi connectivity index (χ0v) is 17.8. The van der Waals surface area contributed by atoms with E-state index in [4.69, 9.17) is 19.7 Å². The maximum Gasteiger partial charge on any atom is 0.332 e. The number of esters is 1. The molecule has 0 radical (unpaired) electrons. The first-order valence-electron chi connectivity index (χ1n) is 10.8. The Balaban J connectivity index is 4.05. The Hall–Kier alpha value is -1.89. The number of ether oxygens (including phenoxy) is 2. The summed E-state index contributed by atoms with van der Waals surface area (Å²) in [4.78, 5) is 32.7. The highest BCUT2D eigenvalue weighted by atomic mass is 16.6. The van der Waals surface area contributed by atoms with Gasteiger partial charge in [0.25, 0.3) is 0 Å². The molecule has 0 saturated carbocycles. The second-order valence-electron chi connectivity index (χ2n) is 7.26. The Labute approximate surface area is 174 Å². The van der Waals surface area contributed by atoms with Crippen LogP contribution in [-0.4, -0.2) is 47.4 Å². The molecule has 0 fully saturated rings. The summed E-state index contributed by atoms with van der Waals surface area (Å²) in [6.07, 6.45) is 15.9. The number of carboxylic acid groups (broad SMARTS) is 2. The molecule has 0 unspecified atom stereocenters. The fraction of sp³-hybridized carbons (Fsp3) is 0.773. The number of carboxylic acids is 2. The average molecular weight is 415 g/mol. The highest BCUT2D eigenvalue weighted by molar-refractivity contribution is 5.72. The van der Waals surface area contributed by atoms with Gasteiger partial charge in [0.2, 0.25) is 0 Å². The van der Waals surface area contributed by atoms with Gasteiger partial charge in [-0.25, -0.2) is 9.59 Å². The standard InChI is InChI=1S/C22H38O7/c1-2-3-4-11-14-19(29-22(27)18-28-17-21(25)26)15-12-9-7-5-6-8-10-13-16-20(23)24/h9,12,19H,2-8,10-11,13-18H2,1H3,(H,23,24)(H,25,26)/t19-/m1/s1. The molecule has 0 spiro atoms. The van der Waals surface area contributed by atoms with Crippen molar-refractivity contribution in [3.8, 4) is 0 Å². The lowest BCUT2D eigenvalue weighted by molar-refractivity contribution is -0.157. The highest BCUT2D eigenvalue weighted by Crippen LogP contribution is 2.13. The molecule has 0 saturated heterocycles. The van der Waals surface area contributed by atoms with E-state index in [2.05, 4.69) is 13.0 Å². The Morgan fingerprint density at radius 2 is 1.52 bits per heavy atom. The van der Waals surface area contributed by atoms with Crippen LogP contribution in [0.3, 0.4) is 0 Å². The number of rotatable bonds is 20. The van der Waals surface area contributed by atoms with Gasteiger partial charge in [-0.2, -0.15) is 0 Å². The third-order valence-corrected chi connectivity index (χ3v) is 4.45. The largest absolute Gasteiger partial charge is 0.481 e. The van der Waals surface area contributed by atoms with Crippen molar-refractivity contribution < 1.29 is 34.1 Å². The van der Waals surface area contributed by atoms with Gasteiger partial charge < -0.3 is 19.7 Å². The molecule has 2 N–H and O–H groups in total. The smallest absolute Gasteiger partial charge is 0.332 e. The van der Waals surface area contributed by atoms with E-state index in [0.717, 1.165) is 70.6 Å². The summed E-state index contributed by atoms with van der Waals surface area (Å²) in [5.74, 6) is -2.37. The molecule has 7 heteroatoms. The molecular formula is C22H38O7. The second kappa shape index (κ2) is 19.4. The van der Waals surface area contributed by atoms with Crippen molar-refractivity contribution in [2.75, 3.05) is 13.2 Å². The minimum atomic E-state index is -1.11. The zero-order chi connectivity index (χ0) is 21.7. The number of hydrogen-bond acceptors (Lipinski definition) is 5. The van der Waals surface area contributed by atoms with Crippen LogP contribution in [0.25, 0.3) is 0 Å². The van der Waals surface area contributed by atoms with Crippen molar-refractivity contribution in [3.63, 3.8) is 0 Å². The fourth-order valence-electron chi connectivity index (χ4n) is 2.90. The number of hydrogen-bond donors (Lipinski definition) is 2. The van der Waals surface area contributed by atoms with E-state index >= 15 is 0 Å². The minimum Gasteiger partial charge on any atom is -0.481 e. The van der Waals surface area contributed by atoms with Gasteiger partial charge in [0.05, 0.1) is 0 Å². The molecule has 0 aromatic rings. The molecule has 0 aromatic heterocycles. The summed E-state index contributed by atoms with van der Waals surface area (Å²) < 4.78 is 10.2. The first-order valence-corrected chi connectivity index (χ1v) is 10.8. The highest BCUT2D eigenvalue weighted by Gasteiger charge is 2.13. The van der Waals surface area contributed by atoms with E-state index < -0.39 is 24.5 Å². The summed E-state index contributed by atoms with van der Waals surface area (Å²) in [7, 11) is 0. The second-order valence-corrected chi connectivity index (χ2v) is 7.26. The van der Waals surface area contributed by atoms with Gasteiger partial charge in [-0.1, -0.05) is 57.6 Å². The van der Waals surface area contributed by atoms with Crippen molar-refractivity contribution in [1.82, 2.24) is 0 Å². The lowest BCUT2D eigenvalue weighted by Crippen LogP contribution is -2.22. The quantitative estimate of drug-likeness (QED) is 0.168. The maximum atomic E-state index is 11.8. The zero-order valence-electron chi connectivity index (χ0n) is 17.8. The van der Waals surface area contributed by atoms with Gasteiger partial charge in [0.1, 0.15) is 19.3 Å². The van der Waals surface area contributed by atoms with Gasteiger partial charge in [0.15, 0.2) is 0 Å². The van der Waals surface area contributed by atoms with Crippen LogP contribution in [0.1, 0.15) is 90.4 Å². The van der Waals surface area contributed by atoms with Crippen molar-refractivity contribution in [3.05, 3.63) is 12.2 Å². The summed E-state index contributed by atoms with van der Waals surface area (Å²) in [6, 6.07) is 0. The minimum absolute atomic E-state index is 0.208. The lowest BCUT2D eigenvalue weighted by Gasteiger charge is -2.16. The summed E-state index contributed by atoms with van der Waals surface area (Å²) in [5.41, 5.74) is 0. The van der Waals surface area contributed by atoms with E-state index in [0.29, 0.717) is 6.42 Å². The molecule has 0 aliphatic heterocycles. The van der Waals surface area contributed by atoms with Crippen molar-refractivity contribution >= 4 is 17.9 Å². The van der Waals surface area contributed by atoms with Crippen molar-refractivity contribution in [1.29, 1.82) is 0 Å². The van der Waals surface area contributed by atoms with E-state index in [1.807, 2.05) is 6.08 Å². The third-order valence-electron chi connectivity index (χ3n) is 4.45. The third kappa shape index (κ3) is 20.7. The van der Waals surface area contributed by atoms with E-state index in [-0.39, 0.29) is 19.1 Å². The Morgan fingerprint density at radius 1 is 0.828 bits per heavy atom. The van der Waals surface area contributed by atoms with Gasteiger partial charge >= 0.3 is 17.9 Å². The molecule has 0 bridgehead atoms. The predicted molar refractivity (Wildman–Crippen MR) is 111 cm³/mol. The number of aliphatic carboxylic acids is 2. The Morgan fingerprint density at radius 3 is 2.21 bits per heavy atom. The van der Waals surface area contributed by atoms with Crippen LogP contribution in [0.15, 0.2) is 12.2 Å². The maximum absolute atomic E-state index is 11.8. The van der Waals surface area contributed by atoms with Gasteiger partial charge in [-0.05, 0) is 32.1 Å². The van der Waals surface area contributed by atoms with E-state index in [1.165, 1.54) is 0 Å². The van der Waals surface area contributed by atoms with Crippen LogP contribution in [0.2, 0.25) is 0 Å². The van der Waals surface area contributed by atoms with Gasteiger partial charge in [0, 0.05) is 12.8 Å². The van der Waals surface area contributed by atoms with Crippen LogP contribution in [0.5, 0.6) is 0 Å². The summed E-state index contributed by atoms with van der Waals surface area (Å²) in [6.45, 7) is 1.29. The average Bonchev–Trinajstić information content (AvgIpc) is 2.65. The lowest BCUT2D eigenvalue weighted by atomic mass is 10.1. The Kier molecular flexibility index (Phi) is 18.2. The first-order chi connectivity index (χ1) is 14.0. The number of unbranched alkanes of at least 4 members (excludes halogenated alkanes) is 8. The molecule has 0 amide bonds. The summed E-state index contributed by atoms with van der Waals surface area (Å²) in [5, 5.41) is 17.1. The number of allylic oxidation sites excluding steroid dienone is 1. The topological polar surface area (TPSA) is 110 Å². The van der Waals surface area contributed by atoms with Gasteiger partial charge in [-0.3, -0.25) is 4.79 Å². The van der Waals surface area contributed by atoms with Crippen LogP contribution in [0, 0.1) is 0 Å². The molecule has 168 valence electrons. The molecule has 0 aliphatic carbocycles. The van der Waals surface area contributed by atoms with Gasteiger partial charge in [-0.15, -0.1) is 0 Å². The molecule has 0 heterocycles. The molecule has 0 aromatic carbocycles. The number of carbonyl (C=O) groups is 3. The normalized spacial score (nSPS) is 12.2. The van der Waals surface area contributed by atoms with Crippen LogP contribution < -0.4 is 0 Å². The first kappa shape index (κ1) is 27.1. The Bertz CT molecular complexity index is 474. The molecule has 0 rings (SSSR count). The van der Waals surface area contributed by atoms with Crippen LogP contribution in [0.4, 0.5) is 0 Å². The molecule has 1 atom stereocenters. The number of carbonyl (C=O) groups excluding carboxylic acids is 1. The SMILES string of the molecule is CCCCCC[C@H](CC=CCCCCCCCC(=O)O)OC(=O)COCC(=O)O. The van der Waals surface area contributed by atoms with Crippen molar-refractivity contribution in [2.24, 2.45) is 0 Å². The molecule has 7 nitrogen and oxygen atoms in total. The van der Waals surface area contributed by atoms with E-state index in [9.17, 15) is 14.4 Å². The molecular weight excluding hydrogens is 376 g/mol.